The number of rotatable bonds is 7. The van der Waals surface area contributed by atoms with E-state index in [4.69, 9.17) is 4.74 Å². The van der Waals surface area contributed by atoms with Gasteiger partial charge in [-0.05, 0) is 45.0 Å². The van der Waals surface area contributed by atoms with Gasteiger partial charge in [0.25, 0.3) is 5.56 Å². The molecule has 2 aromatic carbocycles. The van der Waals surface area contributed by atoms with Crippen LogP contribution in [0.1, 0.15) is 27.4 Å². The van der Waals surface area contributed by atoms with Gasteiger partial charge in [-0.25, -0.2) is 4.68 Å². The van der Waals surface area contributed by atoms with Crippen LogP contribution >= 0.6 is 0 Å². The Bertz CT molecular complexity index is 1460. The molecule has 0 atom stereocenters. The van der Waals surface area contributed by atoms with Crippen LogP contribution in [0.5, 0.6) is 5.75 Å². The molecule has 4 rings (SSSR count). The topological polar surface area (TPSA) is 101 Å². The summed E-state index contributed by atoms with van der Waals surface area (Å²) in [5.41, 5.74) is 3.24. The van der Waals surface area contributed by atoms with E-state index in [-0.39, 0.29) is 29.4 Å². The third-order valence-electron chi connectivity index (χ3n) is 5.90. The molecule has 4 aromatic rings. The molecular formula is C25H24N4O5. The molecule has 0 saturated carbocycles. The zero-order valence-corrected chi connectivity index (χ0v) is 19.3. The summed E-state index contributed by atoms with van der Waals surface area (Å²) in [6.45, 7) is 5.08. The SMILES string of the molecule is Cc1cc(C(=O)COc2ccccc2[N+](=O)[O-])c(C)n1-c1c(C)n(C)n(-c2ccccc2)c1=O. The van der Waals surface area contributed by atoms with E-state index in [0.29, 0.717) is 16.9 Å². The number of ether oxygens (including phenoxy) is 1. The summed E-state index contributed by atoms with van der Waals surface area (Å²) >= 11 is 0. The summed E-state index contributed by atoms with van der Waals surface area (Å²) in [6.07, 6.45) is 0. The van der Waals surface area contributed by atoms with Gasteiger partial charge in [0.05, 0.1) is 16.3 Å². The Morgan fingerprint density at radius 3 is 2.32 bits per heavy atom. The summed E-state index contributed by atoms with van der Waals surface area (Å²) in [4.78, 5) is 37.1. The fourth-order valence-corrected chi connectivity index (χ4v) is 4.15. The number of nitro groups is 1. The summed E-state index contributed by atoms with van der Waals surface area (Å²) < 4.78 is 10.6. The van der Waals surface area contributed by atoms with Crippen molar-refractivity contribution < 1.29 is 14.5 Å². The van der Waals surface area contributed by atoms with E-state index >= 15 is 0 Å². The minimum atomic E-state index is -0.554. The molecule has 34 heavy (non-hydrogen) atoms. The smallest absolute Gasteiger partial charge is 0.310 e. The van der Waals surface area contributed by atoms with E-state index in [2.05, 4.69) is 0 Å². The number of carbonyl (C=O) groups excluding carboxylic acids is 1. The maximum atomic E-state index is 13.5. The fourth-order valence-electron chi connectivity index (χ4n) is 4.15. The highest BCUT2D eigenvalue weighted by Crippen LogP contribution is 2.27. The Hall–Kier alpha value is -4.40. The molecule has 2 aromatic heterocycles. The maximum absolute atomic E-state index is 13.5. The minimum Gasteiger partial charge on any atom is -0.478 e. The first-order valence-electron chi connectivity index (χ1n) is 10.6. The number of aromatic nitrogens is 3. The van der Waals surface area contributed by atoms with E-state index in [0.717, 1.165) is 17.1 Å². The van der Waals surface area contributed by atoms with Crippen LogP contribution in [0.15, 0.2) is 65.5 Å². The predicted octanol–water partition coefficient (Wildman–Crippen LogP) is 4.06. The van der Waals surface area contributed by atoms with Crippen molar-refractivity contribution in [3.63, 3.8) is 0 Å². The largest absolute Gasteiger partial charge is 0.478 e. The lowest BCUT2D eigenvalue weighted by molar-refractivity contribution is -0.385. The molecule has 0 aliphatic carbocycles. The number of hydrogen-bond acceptors (Lipinski definition) is 5. The highest BCUT2D eigenvalue weighted by Gasteiger charge is 2.24. The van der Waals surface area contributed by atoms with Crippen LogP contribution in [0, 0.1) is 30.9 Å². The van der Waals surface area contributed by atoms with E-state index in [9.17, 15) is 19.7 Å². The van der Waals surface area contributed by atoms with E-state index in [1.807, 2.05) is 51.2 Å². The van der Waals surface area contributed by atoms with Crippen LogP contribution in [0.25, 0.3) is 11.4 Å². The molecule has 9 nitrogen and oxygen atoms in total. The van der Waals surface area contributed by atoms with Crippen molar-refractivity contribution in [3.05, 3.63) is 104 Å². The first-order valence-corrected chi connectivity index (χ1v) is 10.6. The summed E-state index contributed by atoms with van der Waals surface area (Å²) in [6, 6.07) is 16.9. The van der Waals surface area contributed by atoms with Crippen molar-refractivity contribution in [2.45, 2.75) is 20.8 Å². The zero-order chi connectivity index (χ0) is 24.6. The number of hydrogen-bond donors (Lipinski definition) is 0. The molecule has 0 radical (unpaired) electrons. The molecule has 0 aliphatic heterocycles. The van der Waals surface area contributed by atoms with Crippen molar-refractivity contribution in [3.8, 4) is 17.1 Å². The average molecular weight is 460 g/mol. The standard InChI is InChI=1S/C25H24N4O5/c1-16-14-20(22(30)15-34-23-13-9-8-12-21(23)29(32)33)17(2)27(16)24-18(3)26(4)28(25(24)31)19-10-6-5-7-11-19/h5-14H,15H2,1-4H3. The van der Waals surface area contributed by atoms with Crippen LogP contribution in [0.2, 0.25) is 0 Å². The zero-order valence-electron chi connectivity index (χ0n) is 19.3. The second-order valence-electron chi connectivity index (χ2n) is 7.97. The minimum absolute atomic E-state index is 0.0271. The highest BCUT2D eigenvalue weighted by molar-refractivity contribution is 5.98. The molecule has 0 bridgehead atoms. The first-order chi connectivity index (χ1) is 16.2. The van der Waals surface area contributed by atoms with Crippen LogP contribution in [0.3, 0.4) is 0 Å². The number of ketones is 1. The molecule has 0 unspecified atom stereocenters. The van der Waals surface area contributed by atoms with Gasteiger partial charge < -0.3 is 9.30 Å². The van der Waals surface area contributed by atoms with E-state index in [1.54, 1.807) is 33.0 Å². The number of carbonyl (C=O) groups is 1. The van der Waals surface area contributed by atoms with Crippen molar-refractivity contribution in [1.29, 1.82) is 0 Å². The molecule has 0 spiro atoms. The molecule has 0 fully saturated rings. The highest BCUT2D eigenvalue weighted by atomic mass is 16.6. The van der Waals surface area contributed by atoms with Gasteiger partial charge in [-0.3, -0.25) is 24.4 Å². The molecule has 2 heterocycles. The van der Waals surface area contributed by atoms with Gasteiger partial charge in [-0.15, -0.1) is 0 Å². The first kappa shape index (κ1) is 22.8. The van der Waals surface area contributed by atoms with Gasteiger partial charge in [-0.1, -0.05) is 30.3 Å². The molecule has 174 valence electrons. The Morgan fingerprint density at radius 2 is 1.65 bits per heavy atom. The molecule has 0 aliphatic rings. The summed E-state index contributed by atoms with van der Waals surface area (Å²) in [5, 5.41) is 11.2. The van der Waals surface area contributed by atoms with Gasteiger partial charge in [0.15, 0.2) is 12.4 Å². The number of Topliss-reactive ketones (excluding diaryl/α,β-unsaturated/α-hetero) is 1. The van der Waals surface area contributed by atoms with Crippen molar-refractivity contribution >= 4 is 11.5 Å². The third kappa shape index (κ3) is 3.81. The number of aryl methyl sites for hydroxylation is 1. The van der Waals surface area contributed by atoms with Crippen LogP contribution in [-0.4, -0.2) is 31.2 Å². The fraction of sp³-hybridized carbons (Fsp3) is 0.200. The van der Waals surface area contributed by atoms with Crippen LogP contribution in [-0.2, 0) is 7.05 Å². The van der Waals surface area contributed by atoms with Gasteiger partial charge in [0, 0.05) is 30.1 Å². The molecule has 9 heteroatoms. The molecule has 0 amide bonds. The van der Waals surface area contributed by atoms with Crippen molar-refractivity contribution in [2.24, 2.45) is 7.05 Å². The normalized spacial score (nSPS) is 10.9. The lowest BCUT2D eigenvalue weighted by Crippen LogP contribution is -2.22. The number of nitrogens with zero attached hydrogens (tertiary/aromatic N) is 4. The Kier molecular flexibility index (Phi) is 5.93. The van der Waals surface area contributed by atoms with Crippen LogP contribution in [0.4, 0.5) is 5.69 Å². The van der Waals surface area contributed by atoms with Gasteiger partial charge in [-0.2, -0.15) is 0 Å². The van der Waals surface area contributed by atoms with Crippen LogP contribution < -0.4 is 10.3 Å². The molecule has 0 saturated heterocycles. The monoisotopic (exact) mass is 460 g/mol. The average Bonchev–Trinajstić information content (AvgIpc) is 3.23. The second kappa shape index (κ2) is 8.86. The number of benzene rings is 2. The van der Waals surface area contributed by atoms with Gasteiger partial charge in [0.1, 0.15) is 5.69 Å². The quantitative estimate of drug-likeness (QED) is 0.235. The second-order valence-corrected chi connectivity index (χ2v) is 7.97. The molecular weight excluding hydrogens is 436 g/mol. The molecule has 0 N–H and O–H groups in total. The van der Waals surface area contributed by atoms with Gasteiger partial charge in [0.2, 0.25) is 5.78 Å². The lowest BCUT2D eigenvalue weighted by atomic mass is 10.1. The Labute approximate surface area is 195 Å². The van der Waals surface area contributed by atoms with Gasteiger partial charge >= 0.3 is 5.69 Å². The summed E-state index contributed by atoms with van der Waals surface area (Å²) in [5.74, 6) is -0.311. The van der Waals surface area contributed by atoms with E-state index < -0.39 is 4.92 Å². The van der Waals surface area contributed by atoms with E-state index in [1.165, 1.54) is 18.2 Å². The van der Waals surface area contributed by atoms with Crippen molar-refractivity contribution in [1.82, 2.24) is 13.9 Å². The number of nitro benzene ring substituents is 1. The van der Waals surface area contributed by atoms with Crippen molar-refractivity contribution in [2.75, 3.05) is 6.61 Å². The Morgan fingerprint density at radius 1 is 1.00 bits per heavy atom. The summed E-state index contributed by atoms with van der Waals surface area (Å²) in [7, 11) is 1.81. The Balaban J connectivity index is 1.70. The predicted molar refractivity (Wildman–Crippen MR) is 127 cm³/mol. The number of para-hydroxylation sites is 3. The third-order valence-corrected chi connectivity index (χ3v) is 5.90. The maximum Gasteiger partial charge on any atom is 0.310 e. The lowest BCUT2D eigenvalue weighted by Gasteiger charge is -2.09.